The zero-order valence-corrected chi connectivity index (χ0v) is 10.9. The standard InChI is InChI=1S/C13H27NO2/c1-10(2)4-5-11(3)14-8-13(15)12-6-7-16-9-12/h10-15H,4-9H2,1-3H3. The fraction of sp³-hybridized carbons (Fsp3) is 1.00. The van der Waals surface area contributed by atoms with E-state index < -0.39 is 0 Å². The predicted molar refractivity (Wildman–Crippen MR) is 66.5 cm³/mol. The smallest absolute Gasteiger partial charge is 0.0715 e. The molecule has 2 N–H and O–H groups in total. The third-order valence-electron chi connectivity index (χ3n) is 3.36. The minimum atomic E-state index is -0.246. The van der Waals surface area contributed by atoms with Gasteiger partial charge in [0.05, 0.1) is 12.7 Å². The first-order valence-corrected chi connectivity index (χ1v) is 6.58. The Hall–Kier alpha value is -0.120. The maximum absolute atomic E-state index is 9.93. The molecule has 0 bridgehead atoms. The van der Waals surface area contributed by atoms with E-state index in [1.807, 2.05) is 0 Å². The molecule has 0 aromatic rings. The molecule has 0 aromatic carbocycles. The number of nitrogens with one attached hydrogen (secondary N) is 1. The van der Waals surface area contributed by atoms with E-state index in [0.717, 1.165) is 25.6 Å². The van der Waals surface area contributed by atoms with Crippen LogP contribution in [-0.2, 0) is 4.74 Å². The van der Waals surface area contributed by atoms with E-state index in [-0.39, 0.29) is 6.10 Å². The van der Waals surface area contributed by atoms with Gasteiger partial charge < -0.3 is 15.2 Å². The van der Waals surface area contributed by atoms with E-state index in [1.165, 1.54) is 12.8 Å². The lowest BCUT2D eigenvalue weighted by Crippen LogP contribution is -2.37. The van der Waals surface area contributed by atoms with Crippen molar-refractivity contribution in [3.05, 3.63) is 0 Å². The summed E-state index contributed by atoms with van der Waals surface area (Å²) < 4.78 is 5.28. The van der Waals surface area contributed by atoms with Crippen LogP contribution in [0.3, 0.4) is 0 Å². The highest BCUT2D eigenvalue weighted by atomic mass is 16.5. The highest BCUT2D eigenvalue weighted by Gasteiger charge is 2.23. The van der Waals surface area contributed by atoms with Crippen molar-refractivity contribution in [2.45, 2.75) is 52.2 Å². The summed E-state index contributed by atoms with van der Waals surface area (Å²) in [5.74, 6) is 1.10. The summed E-state index contributed by atoms with van der Waals surface area (Å²) in [5.41, 5.74) is 0. The lowest BCUT2D eigenvalue weighted by molar-refractivity contribution is 0.0884. The molecule has 0 radical (unpaired) electrons. The molecule has 16 heavy (non-hydrogen) atoms. The Morgan fingerprint density at radius 3 is 2.62 bits per heavy atom. The minimum Gasteiger partial charge on any atom is -0.391 e. The summed E-state index contributed by atoms with van der Waals surface area (Å²) in [6.07, 6.45) is 3.19. The van der Waals surface area contributed by atoms with Gasteiger partial charge in [-0.25, -0.2) is 0 Å². The van der Waals surface area contributed by atoms with Gasteiger partial charge in [0, 0.05) is 25.1 Å². The molecular weight excluding hydrogens is 202 g/mol. The predicted octanol–water partition coefficient (Wildman–Crippen LogP) is 1.80. The summed E-state index contributed by atoms with van der Waals surface area (Å²) in [7, 11) is 0. The van der Waals surface area contributed by atoms with Gasteiger partial charge in [-0.2, -0.15) is 0 Å². The number of hydrogen-bond donors (Lipinski definition) is 2. The summed E-state index contributed by atoms with van der Waals surface area (Å²) in [5, 5.41) is 13.3. The average Bonchev–Trinajstić information content (AvgIpc) is 2.76. The van der Waals surface area contributed by atoms with E-state index in [4.69, 9.17) is 4.74 Å². The molecule has 0 spiro atoms. The summed E-state index contributed by atoms with van der Waals surface area (Å²) >= 11 is 0. The average molecular weight is 229 g/mol. The first kappa shape index (κ1) is 13.9. The fourth-order valence-electron chi connectivity index (χ4n) is 2.03. The van der Waals surface area contributed by atoms with Crippen molar-refractivity contribution in [1.82, 2.24) is 5.32 Å². The maximum Gasteiger partial charge on any atom is 0.0715 e. The van der Waals surface area contributed by atoms with Crippen molar-refractivity contribution < 1.29 is 9.84 Å². The highest BCUT2D eigenvalue weighted by molar-refractivity contribution is 4.75. The van der Waals surface area contributed by atoms with Crippen LogP contribution in [-0.4, -0.2) is 37.0 Å². The Balaban J connectivity index is 2.08. The van der Waals surface area contributed by atoms with Gasteiger partial charge in [-0.15, -0.1) is 0 Å². The zero-order valence-electron chi connectivity index (χ0n) is 10.9. The molecule has 0 amide bonds. The minimum absolute atomic E-state index is 0.246. The lowest BCUT2D eigenvalue weighted by Gasteiger charge is -2.20. The SMILES string of the molecule is CC(C)CCC(C)NCC(O)C1CCOC1. The molecule has 1 rings (SSSR count). The van der Waals surface area contributed by atoms with Crippen LogP contribution in [0.5, 0.6) is 0 Å². The molecule has 1 aliphatic rings. The van der Waals surface area contributed by atoms with Crippen LogP contribution < -0.4 is 5.32 Å². The Morgan fingerprint density at radius 2 is 2.06 bits per heavy atom. The second-order valence-corrected chi connectivity index (χ2v) is 5.47. The van der Waals surface area contributed by atoms with Gasteiger partial charge in [0.1, 0.15) is 0 Å². The van der Waals surface area contributed by atoms with E-state index in [0.29, 0.717) is 18.5 Å². The molecule has 3 heteroatoms. The van der Waals surface area contributed by atoms with Crippen molar-refractivity contribution in [3.8, 4) is 0 Å². The third-order valence-corrected chi connectivity index (χ3v) is 3.36. The molecule has 1 fully saturated rings. The monoisotopic (exact) mass is 229 g/mol. The fourth-order valence-corrected chi connectivity index (χ4v) is 2.03. The molecule has 3 atom stereocenters. The number of aliphatic hydroxyl groups excluding tert-OH is 1. The van der Waals surface area contributed by atoms with Crippen LogP contribution in [0.15, 0.2) is 0 Å². The van der Waals surface area contributed by atoms with E-state index >= 15 is 0 Å². The van der Waals surface area contributed by atoms with Crippen LogP contribution in [0, 0.1) is 11.8 Å². The number of rotatable bonds is 7. The Morgan fingerprint density at radius 1 is 1.31 bits per heavy atom. The van der Waals surface area contributed by atoms with Gasteiger partial charge >= 0.3 is 0 Å². The normalized spacial score (nSPS) is 24.9. The number of hydrogen-bond acceptors (Lipinski definition) is 3. The molecular formula is C13H27NO2. The second kappa shape index (κ2) is 7.25. The van der Waals surface area contributed by atoms with Crippen LogP contribution in [0.1, 0.15) is 40.0 Å². The molecule has 0 aromatic heterocycles. The molecule has 1 saturated heterocycles. The van der Waals surface area contributed by atoms with Crippen molar-refractivity contribution in [2.75, 3.05) is 19.8 Å². The topological polar surface area (TPSA) is 41.5 Å². The number of aliphatic hydroxyl groups is 1. The third kappa shape index (κ3) is 5.28. The van der Waals surface area contributed by atoms with Crippen LogP contribution in [0.2, 0.25) is 0 Å². The highest BCUT2D eigenvalue weighted by Crippen LogP contribution is 2.16. The van der Waals surface area contributed by atoms with Gasteiger partial charge in [-0.3, -0.25) is 0 Å². The quantitative estimate of drug-likeness (QED) is 0.699. The molecule has 3 unspecified atom stereocenters. The molecule has 0 saturated carbocycles. The van der Waals surface area contributed by atoms with Crippen molar-refractivity contribution in [2.24, 2.45) is 11.8 Å². The molecule has 1 aliphatic heterocycles. The molecule has 0 aliphatic carbocycles. The van der Waals surface area contributed by atoms with E-state index in [1.54, 1.807) is 0 Å². The van der Waals surface area contributed by atoms with Crippen molar-refractivity contribution in [3.63, 3.8) is 0 Å². The van der Waals surface area contributed by atoms with Crippen LogP contribution in [0.25, 0.3) is 0 Å². The Bertz CT molecular complexity index is 179. The zero-order chi connectivity index (χ0) is 12.0. The largest absolute Gasteiger partial charge is 0.391 e. The first-order valence-electron chi connectivity index (χ1n) is 6.58. The van der Waals surface area contributed by atoms with Crippen molar-refractivity contribution in [1.29, 1.82) is 0 Å². The van der Waals surface area contributed by atoms with E-state index in [2.05, 4.69) is 26.1 Å². The molecule has 1 heterocycles. The van der Waals surface area contributed by atoms with Gasteiger partial charge in [-0.05, 0) is 32.1 Å². The lowest BCUT2D eigenvalue weighted by atomic mass is 10.0. The first-order chi connectivity index (χ1) is 7.59. The van der Waals surface area contributed by atoms with Crippen LogP contribution in [0.4, 0.5) is 0 Å². The summed E-state index contributed by atoms with van der Waals surface area (Å²) in [6, 6.07) is 0.499. The Labute approximate surface area is 99.6 Å². The van der Waals surface area contributed by atoms with Gasteiger partial charge in [0.2, 0.25) is 0 Å². The Kier molecular flexibility index (Phi) is 6.32. The maximum atomic E-state index is 9.93. The van der Waals surface area contributed by atoms with E-state index in [9.17, 15) is 5.11 Å². The van der Waals surface area contributed by atoms with Gasteiger partial charge in [0.15, 0.2) is 0 Å². The van der Waals surface area contributed by atoms with Crippen LogP contribution >= 0.6 is 0 Å². The molecule has 96 valence electrons. The second-order valence-electron chi connectivity index (χ2n) is 5.47. The summed E-state index contributed by atoms with van der Waals surface area (Å²) in [4.78, 5) is 0. The van der Waals surface area contributed by atoms with Gasteiger partial charge in [0.25, 0.3) is 0 Å². The van der Waals surface area contributed by atoms with Crippen molar-refractivity contribution >= 4 is 0 Å². The summed E-state index contributed by atoms with van der Waals surface area (Å²) in [6.45, 7) is 8.93. The van der Waals surface area contributed by atoms with Gasteiger partial charge in [-0.1, -0.05) is 13.8 Å². The molecule has 3 nitrogen and oxygen atoms in total. The number of ether oxygens (including phenoxy) is 1.